The molecule has 2 amide bonds. The molecule has 0 spiro atoms. The summed E-state index contributed by atoms with van der Waals surface area (Å²) in [7, 11) is 0. The highest BCUT2D eigenvalue weighted by Crippen LogP contribution is 2.41. The van der Waals surface area contributed by atoms with E-state index in [4.69, 9.17) is 11.6 Å². The number of halogens is 1. The van der Waals surface area contributed by atoms with Gasteiger partial charge in [0.15, 0.2) is 0 Å². The Labute approximate surface area is 235 Å². The third kappa shape index (κ3) is 6.27. The van der Waals surface area contributed by atoms with Crippen molar-refractivity contribution in [1.29, 1.82) is 0 Å². The van der Waals surface area contributed by atoms with E-state index < -0.39 is 6.04 Å². The maximum Gasteiger partial charge on any atom is 0.255 e. The van der Waals surface area contributed by atoms with Crippen LogP contribution in [0.15, 0.2) is 84.9 Å². The van der Waals surface area contributed by atoms with Crippen LogP contribution in [-0.4, -0.2) is 40.4 Å². The zero-order valence-corrected chi connectivity index (χ0v) is 23.2. The van der Waals surface area contributed by atoms with E-state index in [-0.39, 0.29) is 23.1 Å². The molecule has 2 unspecified atom stereocenters. The quantitative estimate of drug-likeness (QED) is 0.326. The molecule has 0 aromatic heterocycles. The van der Waals surface area contributed by atoms with Crippen molar-refractivity contribution >= 4 is 35.2 Å². The van der Waals surface area contributed by atoms with E-state index in [1.54, 1.807) is 36.0 Å². The van der Waals surface area contributed by atoms with Crippen LogP contribution in [0, 0.1) is 5.92 Å². The summed E-state index contributed by atoms with van der Waals surface area (Å²) in [5.41, 5.74) is 3.06. The second-order valence-corrected chi connectivity index (χ2v) is 11.9. The molecule has 2 fully saturated rings. The number of carbonyl (C=O) groups is 2. The zero-order valence-electron chi connectivity index (χ0n) is 21.6. The summed E-state index contributed by atoms with van der Waals surface area (Å²) in [5, 5.41) is 3.83. The third-order valence-corrected chi connectivity index (χ3v) is 9.57. The van der Waals surface area contributed by atoms with Crippen molar-refractivity contribution in [2.75, 3.05) is 12.3 Å². The van der Waals surface area contributed by atoms with Crippen LogP contribution >= 0.6 is 23.4 Å². The highest BCUT2D eigenvalue weighted by Gasteiger charge is 2.45. The highest BCUT2D eigenvalue weighted by molar-refractivity contribution is 8.00. The Hall–Kier alpha value is -2.76. The molecule has 2 atom stereocenters. The largest absolute Gasteiger partial charge is 0.354 e. The smallest absolute Gasteiger partial charge is 0.255 e. The van der Waals surface area contributed by atoms with Gasteiger partial charge in [0.05, 0.1) is 5.37 Å². The number of nitrogens with one attached hydrogen (secondary N) is 1. The Kier molecular flexibility index (Phi) is 9.08. The molecule has 198 valence electrons. The van der Waals surface area contributed by atoms with E-state index in [9.17, 15) is 9.59 Å². The molecule has 1 aliphatic carbocycles. The van der Waals surface area contributed by atoms with E-state index in [1.165, 1.54) is 30.4 Å². The molecule has 1 heterocycles. The minimum absolute atomic E-state index is 0.0376. The predicted octanol–water partition coefficient (Wildman–Crippen LogP) is 7.14. The fourth-order valence-electron chi connectivity index (χ4n) is 5.86. The molecule has 1 N–H and O–H groups in total. The van der Waals surface area contributed by atoms with E-state index >= 15 is 0 Å². The first-order valence-electron chi connectivity index (χ1n) is 13.7. The average Bonchev–Trinajstić information content (AvgIpc) is 3.42. The topological polar surface area (TPSA) is 49.4 Å². The zero-order chi connectivity index (χ0) is 26.3. The minimum Gasteiger partial charge on any atom is -0.354 e. The molecule has 4 nitrogen and oxygen atoms in total. The first-order valence-corrected chi connectivity index (χ1v) is 15.1. The van der Waals surface area contributed by atoms with Gasteiger partial charge in [-0.2, -0.15) is 0 Å². The lowest BCUT2D eigenvalue weighted by atomic mass is 9.88. The van der Waals surface area contributed by atoms with E-state index in [2.05, 4.69) is 53.8 Å². The molecule has 5 rings (SSSR count). The molecule has 1 saturated carbocycles. The number of thioether (sulfide) groups is 1. The van der Waals surface area contributed by atoms with Crippen molar-refractivity contribution < 1.29 is 9.59 Å². The van der Waals surface area contributed by atoms with E-state index in [0.717, 1.165) is 19.3 Å². The third-order valence-electron chi connectivity index (χ3n) is 7.85. The van der Waals surface area contributed by atoms with Crippen molar-refractivity contribution in [2.45, 2.75) is 55.9 Å². The summed E-state index contributed by atoms with van der Waals surface area (Å²) in [6.45, 7) is 0.547. The number of hydrogen-bond donors (Lipinski definition) is 1. The van der Waals surface area contributed by atoms with E-state index in [1.807, 2.05) is 17.0 Å². The predicted molar refractivity (Wildman–Crippen MR) is 157 cm³/mol. The van der Waals surface area contributed by atoms with Gasteiger partial charge in [0, 0.05) is 28.8 Å². The molecule has 1 aliphatic heterocycles. The number of nitrogens with zero attached hydrogens (tertiary/aromatic N) is 1. The van der Waals surface area contributed by atoms with Gasteiger partial charge in [-0.15, -0.1) is 11.8 Å². The number of benzene rings is 3. The summed E-state index contributed by atoms with van der Waals surface area (Å²) in [4.78, 5) is 29.2. The summed E-state index contributed by atoms with van der Waals surface area (Å²) in [6, 6.07) is 27.4. The van der Waals surface area contributed by atoms with Crippen LogP contribution in [0.5, 0.6) is 0 Å². The van der Waals surface area contributed by atoms with Crippen molar-refractivity contribution in [2.24, 2.45) is 5.92 Å². The maximum atomic E-state index is 13.8. The van der Waals surface area contributed by atoms with Crippen LogP contribution < -0.4 is 5.32 Å². The minimum atomic E-state index is -0.470. The normalized spacial score (nSPS) is 20.0. The van der Waals surface area contributed by atoms with Gasteiger partial charge < -0.3 is 10.2 Å². The van der Waals surface area contributed by atoms with Gasteiger partial charge in [-0.05, 0) is 60.6 Å². The van der Waals surface area contributed by atoms with E-state index in [0.29, 0.717) is 28.8 Å². The SMILES string of the molecule is O=C(NCCC(c1ccccc1)c1ccccc1)C1CSC(C2CCCCC2)N1C(=O)c1ccc(Cl)cc1. The average molecular weight is 547 g/mol. The summed E-state index contributed by atoms with van der Waals surface area (Å²) in [6.07, 6.45) is 6.67. The van der Waals surface area contributed by atoms with Crippen LogP contribution in [0.2, 0.25) is 5.02 Å². The fourth-order valence-corrected chi connectivity index (χ4v) is 7.63. The summed E-state index contributed by atoms with van der Waals surface area (Å²) in [5.74, 6) is 1.13. The Bertz CT molecular complexity index is 1160. The molecule has 3 aromatic carbocycles. The molecular weight excluding hydrogens is 512 g/mol. The Morgan fingerprint density at radius 1 is 0.868 bits per heavy atom. The second kappa shape index (κ2) is 12.9. The van der Waals surface area contributed by atoms with Crippen LogP contribution in [-0.2, 0) is 4.79 Å². The Morgan fingerprint density at radius 3 is 2.08 bits per heavy atom. The lowest BCUT2D eigenvalue weighted by Crippen LogP contribution is -2.51. The fraction of sp³-hybridized carbons (Fsp3) is 0.375. The number of rotatable bonds is 8. The monoisotopic (exact) mass is 546 g/mol. The van der Waals surface area contributed by atoms with Crippen molar-refractivity contribution in [3.8, 4) is 0 Å². The van der Waals surface area contributed by atoms with Gasteiger partial charge in [-0.1, -0.05) is 91.5 Å². The molecule has 1 saturated heterocycles. The van der Waals surface area contributed by atoms with Crippen molar-refractivity contribution in [3.63, 3.8) is 0 Å². The lowest BCUT2D eigenvalue weighted by molar-refractivity contribution is -0.125. The molecule has 3 aromatic rings. The standard InChI is InChI=1S/C32H35ClN2O2S/c33-27-18-16-25(17-19-27)31(37)35-29(22-38-32(35)26-14-8-3-9-15-26)30(36)34-21-20-28(23-10-4-1-5-11-23)24-12-6-2-7-13-24/h1-2,4-7,10-13,16-19,26,28-29,32H,3,8-9,14-15,20-22H2,(H,34,36). The Balaban J connectivity index is 1.30. The number of carbonyl (C=O) groups excluding carboxylic acids is 2. The van der Waals surface area contributed by atoms with Crippen molar-refractivity contribution in [3.05, 3.63) is 107 Å². The molecule has 2 aliphatic rings. The Morgan fingerprint density at radius 2 is 1.47 bits per heavy atom. The van der Waals surface area contributed by atoms with Gasteiger partial charge in [0.25, 0.3) is 5.91 Å². The molecule has 6 heteroatoms. The van der Waals surface area contributed by atoms with Crippen LogP contribution in [0.4, 0.5) is 0 Å². The van der Waals surface area contributed by atoms with Crippen LogP contribution in [0.1, 0.15) is 65.9 Å². The molecule has 0 radical (unpaired) electrons. The summed E-state index contributed by atoms with van der Waals surface area (Å²) >= 11 is 7.85. The lowest BCUT2D eigenvalue weighted by Gasteiger charge is -2.35. The number of amides is 2. The highest BCUT2D eigenvalue weighted by atomic mass is 35.5. The van der Waals surface area contributed by atoms with Gasteiger partial charge in [-0.3, -0.25) is 9.59 Å². The maximum absolute atomic E-state index is 13.8. The van der Waals surface area contributed by atoms with Gasteiger partial charge in [-0.25, -0.2) is 0 Å². The summed E-state index contributed by atoms with van der Waals surface area (Å²) < 4.78 is 0. The van der Waals surface area contributed by atoms with Gasteiger partial charge in [0.1, 0.15) is 6.04 Å². The van der Waals surface area contributed by atoms with Crippen LogP contribution in [0.25, 0.3) is 0 Å². The second-order valence-electron chi connectivity index (χ2n) is 10.3. The first kappa shape index (κ1) is 26.8. The van der Waals surface area contributed by atoms with Gasteiger partial charge in [0.2, 0.25) is 5.91 Å². The van der Waals surface area contributed by atoms with Crippen LogP contribution in [0.3, 0.4) is 0 Å². The molecule has 0 bridgehead atoms. The molecule has 38 heavy (non-hydrogen) atoms. The van der Waals surface area contributed by atoms with Gasteiger partial charge >= 0.3 is 0 Å². The molecular formula is C32H35ClN2O2S. The first-order chi connectivity index (χ1) is 18.6. The van der Waals surface area contributed by atoms with Crippen molar-refractivity contribution in [1.82, 2.24) is 10.2 Å². The number of hydrogen-bond acceptors (Lipinski definition) is 3.